The summed E-state index contributed by atoms with van der Waals surface area (Å²) >= 11 is 0. The van der Waals surface area contributed by atoms with Crippen molar-refractivity contribution in [2.24, 2.45) is 5.90 Å². The summed E-state index contributed by atoms with van der Waals surface area (Å²) in [6.45, 7) is 0. The van der Waals surface area contributed by atoms with Crippen LogP contribution in [-0.4, -0.2) is 27.7 Å². The summed E-state index contributed by atoms with van der Waals surface area (Å²) in [6, 6.07) is 2.31. The molecule has 0 aliphatic rings. The fourth-order valence-corrected chi connectivity index (χ4v) is 2.33. The molecule has 1 aromatic carbocycles. The number of nitrogens with two attached hydrogens (primary N) is 1. The number of rotatable bonds is 4. The fourth-order valence-electron chi connectivity index (χ4n) is 1.06. The second kappa shape index (κ2) is 4.50. The molecule has 1 aromatic rings. The first kappa shape index (κ1) is 13.7. The third-order valence-electron chi connectivity index (χ3n) is 1.80. The standard InChI is InChI=1S/C7H7NO7S2/c8-15-17(13,14)6-1-2-7(16(10,11)12)5(3-6)4-9/h1-4H,8H2,(H,10,11,12). The number of carbonyl (C=O) groups excluding carboxylic acids is 1. The van der Waals surface area contributed by atoms with Crippen molar-refractivity contribution in [1.82, 2.24) is 0 Å². The molecule has 3 N–H and O–H groups in total. The minimum absolute atomic E-state index is 0.0820. The number of hydrogen-bond donors (Lipinski definition) is 2. The van der Waals surface area contributed by atoms with Gasteiger partial charge in [-0.2, -0.15) is 27.0 Å². The zero-order valence-electron chi connectivity index (χ0n) is 8.10. The Morgan fingerprint density at radius 1 is 1.24 bits per heavy atom. The summed E-state index contributed by atoms with van der Waals surface area (Å²) < 4.78 is 56.4. The maximum Gasteiger partial charge on any atom is 0.312 e. The van der Waals surface area contributed by atoms with Gasteiger partial charge in [0.25, 0.3) is 10.1 Å². The SMILES string of the molecule is NOS(=O)(=O)c1ccc(S(=O)(=O)O)c(C=O)c1. The van der Waals surface area contributed by atoms with Crippen LogP contribution in [0.1, 0.15) is 10.4 Å². The van der Waals surface area contributed by atoms with Crippen molar-refractivity contribution in [2.75, 3.05) is 0 Å². The lowest BCUT2D eigenvalue weighted by molar-refractivity contribution is 0.112. The Morgan fingerprint density at radius 2 is 1.82 bits per heavy atom. The largest absolute Gasteiger partial charge is 0.312 e. The van der Waals surface area contributed by atoms with Crippen LogP contribution in [0, 0.1) is 0 Å². The Hall–Kier alpha value is -1.33. The summed E-state index contributed by atoms with van der Waals surface area (Å²) in [7, 11) is -8.86. The van der Waals surface area contributed by atoms with E-state index in [1.54, 1.807) is 0 Å². The van der Waals surface area contributed by atoms with E-state index in [2.05, 4.69) is 10.2 Å². The predicted molar refractivity (Wildman–Crippen MR) is 54.1 cm³/mol. The molecule has 0 atom stereocenters. The average Bonchev–Trinajstić information content (AvgIpc) is 2.27. The van der Waals surface area contributed by atoms with E-state index in [0.717, 1.165) is 18.2 Å². The van der Waals surface area contributed by atoms with Crippen LogP contribution >= 0.6 is 0 Å². The van der Waals surface area contributed by atoms with Crippen LogP contribution in [0.2, 0.25) is 0 Å². The topological polar surface area (TPSA) is 141 Å². The fraction of sp³-hybridized carbons (Fsp3) is 0. The summed E-state index contributed by atoms with van der Waals surface area (Å²) in [6.07, 6.45) is 0.0820. The highest BCUT2D eigenvalue weighted by molar-refractivity contribution is 7.87. The van der Waals surface area contributed by atoms with Crippen LogP contribution in [0.15, 0.2) is 28.0 Å². The Labute approximate surface area is 96.8 Å². The molecule has 0 heterocycles. The molecule has 0 unspecified atom stereocenters. The van der Waals surface area contributed by atoms with Gasteiger partial charge in [-0.15, -0.1) is 0 Å². The van der Waals surface area contributed by atoms with E-state index in [9.17, 15) is 21.6 Å². The number of carbonyl (C=O) groups is 1. The second-order valence-electron chi connectivity index (χ2n) is 2.84. The first-order valence-electron chi connectivity index (χ1n) is 3.92. The van der Waals surface area contributed by atoms with Gasteiger partial charge in [-0.3, -0.25) is 9.35 Å². The predicted octanol–water partition coefficient (Wildman–Crippen LogP) is -0.675. The lowest BCUT2D eigenvalue weighted by atomic mass is 10.2. The van der Waals surface area contributed by atoms with Crippen molar-refractivity contribution in [3.8, 4) is 0 Å². The molecule has 0 spiro atoms. The van der Waals surface area contributed by atoms with Crippen LogP contribution in [0.3, 0.4) is 0 Å². The van der Waals surface area contributed by atoms with Gasteiger partial charge in [-0.05, 0) is 18.2 Å². The van der Waals surface area contributed by atoms with Gasteiger partial charge >= 0.3 is 10.1 Å². The third kappa shape index (κ3) is 2.87. The Bertz CT molecular complexity index is 647. The van der Waals surface area contributed by atoms with E-state index in [4.69, 9.17) is 4.55 Å². The average molecular weight is 281 g/mol. The summed E-state index contributed by atoms with van der Waals surface area (Å²) in [4.78, 5) is 9.39. The molecule has 0 aliphatic heterocycles. The monoisotopic (exact) mass is 281 g/mol. The molecular formula is C7H7NO7S2. The maximum atomic E-state index is 11.2. The molecule has 0 fully saturated rings. The number of benzene rings is 1. The highest BCUT2D eigenvalue weighted by atomic mass is 32.2. The number of hydrogen-bond acceptors (Lipinski definition) is 7. The maximum absolute atomic E-state index is 11.2. The van der Waals surface area contributed by atoms with Crippen molar-refractivity contribution in [3.05, 3.63) is 23.8 Å². The zero-order chi connectivity index (χ0) is 13.3. The van der Waals surface area contributed by atoms with Gasteiger partial charge in [0.15, 0.2) is 6.29 Å². The molecule has 10 heteroatoms. The second-order valence-corrected chi connectivity index (χ2v) is 5.80. The molecule has 94 valence electrons. The van der Waals surface area contributed by atoms with Gasteiger partial charge < -0.3 is 0 Å². The van der Waals surface area contributed by atoms with Gasteiger partial charge in [-0.1, -0.05) is 0 Å². The zero-order valence-corrected chi connectivity index (χ0v) is 9.73. The van der Waals surface area contributed by atoms with Crippen LogP contribution in [0.25, 0.3) is 0 Å². The van der Waals surface area contributed by atoms with Crippen molar-refractivity contribution in [2.45, 2.75) is 9.79 Å². The van der Waals surface area contributed by atoms with E-state index in [1.807, 2.05) is 0 Å². The lowest BCUT2D eigenvalue weighted by Gasteiger charge is -2.04. The Balaban J connectivity index is 3.54. The van der Waals surface area contributed by atoms with E-state index in [1.165, 1.54) is 0 Å². The summed E-state index contributed by atoms with van der Waals surface area (Å²) in [5.41, 5.74) is -0.523. The summed E-state index contributed by atoms with van der Waals surface area (Å²) in [5.74, 6) is 4.51. The quantitative estimate of drug-likeness (QED) is 0.420. The normalized spacial score (nSPS) is 12.4. The minimum atomic E-state index is -4.61. The third-order valence-corrected chi connectivity index (χ3v) is 3.81. The molecule has 0 saturated heterocycles. The molecule has 0 radical (unpaired) electrons. The van der Waals surface area contributed by atoms with Gasteiger partial charge in [0.05, 0.1) is 4.90 Å². The smallest absolute Gasteiger partial charge is 0.298 e. The van der Waals surface area contributed by atoms with Crippen LogP contribution in [0.4, 0.5) is 0 Å². The molecule has 0 aliphatic carbocycles. The van der Waals surface area contributed by atoms with E-state index in [0.29, 0.717) is 0 Å². The van der Waals surface area contributed by atoms with E-state index < -0.39 is 35.6 Å². The molecule has 0 aromatic heterocycles. The highest BCUT2D eigenvalue weighted by Crippen LogP contribution is 2.19. The van der Waals surface area contributed by atoms with Gasteiger partial charge in [0.2, 0.25) is 0 Å². The molecule has 1 rings (SSSR count). The lowest BCUT2D eigenvalue weighted by Crippen LogP contribution is -2.12. The number of aldehydes is 1. The van der Waals surface area contributed by atoms with Crippen molar-refractivity contribution >= 4 is 26.5 Å². The van der Waals surface area contributed by atoms with Crippen molar-refractivity contribution < 1.29 is 30.5 Å². The van der Waals surface area contributed by atoms with Gasteiger partial charge in [0, 0.05) is 5.56 Å². The Morgan fingerprint density at radius 3 is 2.24 bits per heavy atom. The molecule has 17 heavy (non-hydrogen) atoms. The first-order valence-corrected chi connectivity index (χ1v) is 6.77. The molecule has 0 bridgehead atoms. The molecule has 8 nitrogen and oxygen atoms in total. The van der Waals surface area contributed by atoms with Crippen molar-refractivity contribution in [3.63, 3.8) is 0 Å². The molecule has 0 amide bonds. The van der Waals surface area contributed by atoms with Crippen molar-refractivity contribution in [1.29, 1.82) is 0 Å². The van der Waals surface area contributed by atoms with Crippen LogP contribution < -0.4 is 5.90 Å². The van der Waals surface area contributed by atoms with Gasteiger partial charge in [-0.25, -0.2) is 0 Å². The minimum Gasteiger partial charge on any atom is -0.298 e. The van der Waals surface area contributed by atoms with E-state index in [-0.39, 0.29) is 6.29 Å². The van der Waals surface area contributed by atoms with Crippen LogP contribution in [0.5, 0.6) is 0 Å². The molecular weight excluding hydrogens is 274 g/mol. The van der Waals surface area contributed by atoms with Gasteiger partial charge in [0.1, 0.15) is 4.90 Å². The van der Waals surface area contributed by atoms with Crippen LogP contribution in [-0.2, 0) is 24.5 Å². The first-order chi connectivity index (χ1) is 7.72. The highest BCUT2D eigenvalue weighted by Gasteiger charge is 2.20. The molecule has 0 saturated carbocycles. The Kier molecular flexibility index (Phi) is 3.64. The summed E-state index contributed by atoms with van der Waals surface area (Å²) in [5, 5.41) is 0. The van der Waals surface area contributed by atoms with E-state index >= 15 is 0 Å².